The Hall–Kier alpha value is -1.20. The number of rotatable bonds is 4. The Labute approximate surface area is 126 Å². The van der Waals surface area contributed by atoms with E-state index in [9.17, 15) is 9.18 Å². The third-order valence-corrected chi connectivity index (χ3v) is 4.01. The first-order chi connectivity index (χ1) is 9.11. The Bertz CT molecular complexity index is 614. The van der Waals surface area contributed by atoms with E-state index in [1.165, 1.54) is 6.07 Å². The molecule has 98 valence electrons. The van der Waals surface area contributed by atoms with E-state index in [0.717, 1.165) is 6.29 Å². The SMILES string of the molecule is O=Cc1ccc(OCc2cccc(F)c2Br)c(Br)c1. The van der Waals surface area contributed by atoms with Crippen LogP contribution in [0.5, 0.6) is 5.75 Å². The van der Waals surface area contributed by atoms with Gasteiger partial charge in [0.1, 0.15) is 24.5 Å². The van der Waals surface area contributed by atoms with E-state index in [2.05, 4.69) is 31.9 Å². The van der Waals surface area contributed by atoms with Gasteiger partial charge in [0.25, 0.3) is 0 Å². The molecule has 0 N–H and O–H groups in total. The minimum absolute atomic E-state index is 0.234. The molecular weight excluding hydrogens is 379 g/mol. The molecule has 0 unspecified atom stereocenters. The molecular formula is C14H9Br2FO2. The molecule has 0 aliphatic rings. The first-order valence-corrected chi connectivity index (χ1v) is 7.01. The standard InChI is InChI=1S/C14H9Br2FO2/c15-11-6-9(7-18)4-5-13(11)19-8-10-2-1-3-12(17)14(10)16/h1-7H,8H2. The summed E-state index contributed by atoms with van der Waals surface area (Å²) in [5, 5.41) is 0. The molecule has 2 aromatic rings. The number of benzene rings is 2. The van der Waals surface area contributed by atoms with E-state index < -0.39 is 0 Å². The Morgan fingerprint density at radius 3 is 2.68 bits per heavy atom. The maximum atomic E-state index is 13.3. The number of ether oxygens (including phenoxy) is 1. The molecule has 0 bridgehead atoms. The molecule has 0 spiro atoms. The molecule has 0 aromatic heterocycles. The number of carbonyl (C=O) groups excluding carboxylic acids is 1. The number of halogens is 3. The lowest BCUT2D eigenvalue weighted by Crippen LogP contribution is -1.98. The van der Waals surface area contributed by atoms with Crippen LogP contribution in [0.15, 0.2) is 45.3 Å². The fraction of sp³-hybridized carbons (Fsp3) is 0.0714. The van der Waals surface area contributed by atoms with E-state index >= 15 is 0 Å². The highest BCUT2D eigenvalue weighted by molar-refractivity contribution is 9.10. The van der Waals surface area contributed by atoms with Crippen LogP contribution in [0.4, 0.5) is 4.39 Å². The summed E-state index contributed by atoms with van der Waals surface area (Å²) < 4.78 is 20.0. The third kappa shape index (κ3) is 3.42. The lowest BCUT2D eigenvalue weighted by Gasteiger charge is -2.10. The summed E-state index contributed by atoms with van der Waals surface area (Å²) in [5.41, 5.74) is 1.28. The first-order valence-electron chi connectivity index (χ1n) is 5.42. The van der Waals surface area contributed by atoms with Crippen LogP contribution in [-0.4, -0.2) is 6.29 Å². The van der Waals surface area contributed by atoms with Crippen molar-refractivity contribution < 1.29 is 13.9 Å². The molecule has 0 heterocycles. The van der Waals surface area contributed by atoms with Crippen LogP contribution in [0, 0.1) is 5.82 Å². The van der Waals surface area contributed by atoms with Gasteiger partial charge in [0, 0.05) is 11.1 Å². The maximum Gasteiger partial charge on any atom is 0.150 e. The van der Waals surface area contributed by atoms with Gasteiger partial charge in [-0.25, -0.2) is 4.39 Å². The topological polar surface area (TPSA) is 26.3 Å². The van der Waals surface area contributed by atoms with Crippen molar-refractivity contribution in [3.05, 3.63) is 62.3 Å². The van der Waals surface area contributed by atoms with Gasteiger partial charge < -0.3 is 4.74 Å². The number of hydrogen-bond donors (Lipinski definition) is 0. The van der Waals surface area contributed by atoms with Crippen LogP contribution in [-0.2, 0) is 6.61 Å². The zero-order valence-corrected chi connectivity index (χ0v) is 12.9. The summed E-state index contributed by atoms with van der Waals surface area (Å²) in [5.74, 6) is 0.276. The Morgan fingerprint density at radius 2 is 2.00 bits per heavy atom. The van der Waals surface area contributed by atoms with Gasteiger partial charge in [0.15, 0.2) is 0 Å². The summed E-state index contributed by atoms with van der Waals surface area (Å²) in [6.07, 6.45) is 0.762. The van der Waals surface area contributed by atoms with Crippen LogP contribution in [0.2, 0.25) is 0 Å². The molecule has 2 aromatic carbocycles. The maximum absolute atomic E-state index is 13.3. The first kappa shape index (κ1) is 14.2. The molecule has 2 nitrogen and oxygen atoms in total. The molecule has 2 rings (SSSR count). The van der Waals surface area contributed by atoms with Crippen LogP contribution in [0.25, 0.3) is 0 Å². The minimum atomic E-state index is -0.323. The molecule has 19 heavy (non-hydrogen) atoms. The largest absolute Gasteiger partial charge is 0.488 e. The summed E-state index contributed by atoms with van der Waals surface area (Å²) >= 11 is 6.51. The molecule has 0 radical (unpaired) electrons. The molecule has 5 heteroatoms. The summed E-state index contributed by atoms with van der Waals surface area (Å²) in [6, 6.07) is 9.81. The van der Waals surface area contributed by atoms with Crippen LogP contribution >= 0.6 is 31.9 Å². The summed E-state index contributed by atoms with van der Waals surface area (Å²) in [4.78, 5) is 10.6. The zero-order valence-electron chi connectivity index (χ0n) is 9.70. The van der Waals surface area contributed by atoms with Gasteiger partial charge in [-0.2, -0.15) is 0 Å². The van der Waals surface area contributed by atoms with Crippen LogP contribution < -0.4 is 4.74 Å². The van der Waals surface area contributed by atoms with Crippen molar-refractivity contribution >= 4 is 38.1 Å². The number of aldehydes is 1. The van der Waals surface area contributed by atoms with E-state index in [4.69, 9.17) is 4.74 Å². The van der Waals surface area contributed by atoms with Crippen molar-refractivity contribution in [2.75, 3.05) is 0 Å². The lowest BCUT2D eigenvalue weighted by molar-refractivity contribution is 0.112. The third-order valence-electron chi connectivity index (χ3n) is 2.51. The van der Waals surface area contributed by atoms with Crippen LogP contribution in [0.3, 0.4) is 0 Å². The van der Waals surface area contributed by atoms with E-state index in [1.54, 1.807) is 30.3 Å². The second-order valence-corrected chi connectivity index (χ2v) is 5.46. The average Bonchev–Trinajstić information content (AvgIpc) is 2.41. The zero-order chi connectivity index (χ0) is 13.8. The van der Waals surface area contributed by atoms with Gasteiger partial charge in [-0.3, -0.25) is 4.79 Å². The molecule has 0 saturated heterocycles. The second kappa shape index (κ2) is 6.30. The second-order valence-electron chi connectivity index (χ2n) is 3.81. The van der Waals surface area contributed by atoms with E-state index in [-0.39, 0.29) is 12.4 Å². The predicted octanol–water partition coefficient (Wildman–Crippen LogP) is 4.74. The van der Waals surface area contributed by atoms with Crippen molar-refractivity contribution in [3.8, 4) is 5.75 Å². The molecule has 0 saturated carbocycles. The quantitative estimate of drug-likeness (QED) is 0.708. The highest BCUT2D eigenvalue weighted by atomic mass is 79.9. The van der Waals surface area contributed by atoms with Crippen molar-refractivity contribution in [2.45, 2.75) is 6.61 Å². The molecule has 0 aliphatic heterocycles. The smallest absolute Gasteiger partial charge is 0.150 e. The van der Waals surface area contributed by atoms with Crippen LogP contribution in [0.1, 0.15) is 15.9 Å². The number of carbonyl (C=O) groups is 1. The van der Waals surface area contributed by atoms with Gasteiger partial charge in [-0.05, 0) is 56.1 Å². The Morgan fingerprint density at radius 1 is 1.21 bits per heavy atom. The average molecular weight is 388 g/mol. The lowest BCUT2D eigenvalue weighted by atomic mass is 10.2. The van der Waals surface area contributed by atoms with Crippen molar-refractivity contribution in [3.63, 3.8) is 0 Å². The van der Waals surface area contributed by atoms with Crippen molar-refractivity contribution in [1.82, 2.24) is 0 Å². The Kier molecular flexibility index (Phi) is 4.71. The van der Waals surface area contributed by atoms with E-state index in [0.29, 0.717) is 25.8 Å². The van der Waals surface area contributed by atoms with E-state index in [1.807, 2.05) is 0 Å². The van der Waals surface area contributed by atoms with Crippen molar-refractivity contribution in [1.29, 1.82) is 0 Å². The normalized spacial score (nSPS) is 10.3. The number of hydrogen-bond acceptors (Lipinski definition) is 2. The minimum Gasteiger partial charge on any atom is -0.488 e. The molecule has 0 amide bonds. The highest BCUT2D eigenvalue weighted by Gasteiger charge is 2.07. The van der Waals surface area contributed by atoms with Gasteiger partial charge in [0.05, 0.1) is 8.95 Å². The molecule has 0 atom stereocenters. The van der Waals surface area contributed by atoms with Gasteiger partial charge >= 0.3 is 0 Å². The van der Waals surface area contributed by atoms with Crippen molar-refractivity contribution in [2.24, 2.45) is 0 Å². The monoisotopic (exact) mass is 386 g/mol. The predicted molar refractivity (Wildman–Crippen MR) is 78.0 cm³/mol. The van der Waals surface area contributed by atoms with Gasteiger partial charge in [-0.15, -0.1) is 0 Å². The fourth-order valence-corrected chi connectivity index (χ4v) is 2.41. The fourth-order valence-electron chi connectivity index (χ4n) is 1.52. The summed E-state index contributed by atoms with van der Waals surface area (Å²) in [6.45, 7) is 0.234. The Balaban J connectivity index is 2.14. The summed E-state index contributed by atoms with van der Waals surface area (Å²) in [7, 11) is 0. The highest BCUT2D eigenvalue weighted by Crippen LogP contribution is 2.28. The molecule has 0 fully saturated rings. The molecule has 0 aliphatic carbocycles. The van der Waals surface area contributed by atoms with Gasteiger partial charge in [0.2, 0.25) is 0 Å². The van der Waals surface area contributed by atoms with Gasteiger partial charge in [-0.1, -0.05) is 12.1 Å².